The number of rotatable bonds is 6. The van der Waals surface area contributed by atoms with Gasteiger partial charge in [-0.1, -0.05) is 11.3 Å². The van der Waals surface area contributed by atoms with Gasteiger partial charge in [-0.25, -0.2) is 4.98 Å². The molecular formula is C14H11F2N5O4S. The van der Waals surface area contributed by atoms with E-state index in [9.17, 15) is 23.7 Å². The number of carbonyl (C=O) groups excluding carboxylic acids is 1. The Hall–Kier alpha value is -3.15. The summed E-state index contributed by atoms with van der Waals surface area (Å²) in [7, 11) is 0. The first-order valence-electron chi connectivity index (χ1n) is 7.26. The molecule has 26 heavy (non-hydrogen) atoms. The van der Waals surface area contributed by atoms with E-state index in [0.29, 0.717) is 16.8 Å². The van der Waals surface area contributed by atoms with Crippen molar-refractivity contribution in [2.24, 2.45) is 0 Å². The average Bonchev–Trinajstić information content (AvgIpc) is 3.17. The smallest absolute Gasteiger partial charge is 0.387 e. The van der Waals surface area contributed by atoms with Crippen LogP contribution in [0.2, 0.25) is 0 Å². The Morgan fingerprint density at radius 1 is 1.50 bits per heavy atom. The van der Waals surface area contributed by atoms with Crippen molar-refractivity contribution in [3.63, 3.8) is 0 Å². The van der Waals surface area contributed by atoms with E-state index in [1.807, 2.05) is 0 Å². The van der Waals surface area contributed by atoms with Gasteiger partial charge in [0.1, 0.15) is 11.9 Å². The molecule has 0 aliphatic rings. The Kier molecular flexibility index (Phi) is 4.75. The minimum Gasteiger partial charge on any atom is -0.435 e. The molecule has 1 amide bonds. The molecule has 0 spiro atoms. The quantitative estimate of drug-likeness (QED) is 0.516. The lowest BCUT2D eigenvalue weighted by Crippen LogP contribution is -2.14. The first-order valence-corrected chi connectivity index (χ1v) is 8.07. The lowest BCUT2D eigenvalue weighted by molar-refractivity contribution is -0.385. The molecule has 2 aromatic heterocycles. The van der Waals surface area contributed by atoms with Gasteiger partial charge in [0.25, 0.3) is 5.91 Å². The van der Waals surface area contributed by atoms with Crippen LogP contribution in [0, 0.1) is 10.1 Å². The van der Waals surface area contributed by atoms with E-state index in [4.69, 9.17) is 0 Å². The van der Waals surface area contributed by atoms with Gasteiger partial charge in [-0.3, -0.25) is 24.9 Å². The number of fused-ring (bicyclic) bond motifs is 1. The molecule has 0 aliphatic carbocycles. The summed E-state index contributed by atoms with van der Waals surface area (Å²) >= 11 is 1.02. The topological polar surface area (TPSA) is 112 Å². The van der Waals surface area contributed by atoms with Gasteiger partial charge in [0, 0.05) is 6.54 Å². The number of anilines is 1. The number of thiazole rings is 1. The highest BCUT2D eigenvalue weighted by Crippen LogP contribution is 2.30. The zero-order chi connectivity index (χ0) is 18.8. The number of carbonyl (C=O) groups is 1. The third kappa shape index (κ3) is 3.59. The van der Waals surface area contributed by atoms with Gasteiger partial charge in [-0.15, -0.1) is 0 Å². The normalized spacial score (nSPS) is 11.1. The number of benzene rings is 1. The molecule has 0 fully saturated rings. The van der Waals surface area contributed by atoms with Gasteiger partial charge in [0.05, 0.1) is 15.1 Å². The number of aryl methyl sites for hydroxylation is 1. The van der Waals surface area contributed by atoms with E-state index in [0.717, 1.165) is 11.3 Å². The number of nitro groups is 1. The average molecular weight is 383 g/mol. The van der Waals surface area contributed by atoms with Crippen LogP contribution in [0.5, 0.6) is 5.75 Å². The van der Waals surface area contributed by atoms with Crippen LogP contribution in [-0.2, 0) is 6.54 Å². The molecule has 9 nitrogen and oxygen atoms in total. The van der Waals surface area contributed by atoms with Crippen LogP contribution in [0.15, 0.2) is 24.4 Å². The molecule has 136 valence electrons. The fraction of sp³-hybridized carbons (Fsp3) is 0.214. The van der Waals surface area contributed by atoms with Crippen molar-refractivity contribution >= 4 is 38.3 Å². The van der Waals surface area contributed by atoms with E-state index < -0.39 is 23.1 Å². The maximum atomic E-state index is 12.3. The molecule has 0 atom stereocenters. The maximum Gasteiger partial charge on any atom is 0.387 e. The van der Waals surface area contributed by atoms with Crippen LogP contribution in [-0.4, -0.2) is 32.2 Å². The lowest BCUT2D eigenvalue weighted by atomic mass is 10.3. The zero-order valence-electron chi connectivity index (χ0n) is 13.2. The minimum atomic E-state index is -2.95. The van der Waals surface area contributed by atoms with E-state index in [-0.39, 0.29) is 16.6 Å². The van der Waals surface area contributed by atoms with Gasteiger partial charge in [-0.05, 0) is 25.1 Å². The van der Waals surface area contributed by atoms with Crippen molar-refractivity contribution in [3.05, 3.63) is 40.2 Å². The molecule has 1 aromatic carbocycles. The van der Waals surface area contributed by atoms with Crippen molar-refractivity contribution in [1.82, 2.24) is 14.8 Å². The first-order chi connectivity index (χ1) is 12.4. The SMILES string of the molecule is CCn1cc([N+](=O)[O-])c(C(=O)Nc2nc3ccc(OC(F)F)cc3s2)n1. The molecule has 1 N–H and O–H groups in total. The van der Waals surface area contributed by atoms with Crippen molar-refractivity contribution < 1.29 is 23.2 Å². The molecule has 0 saturated heterocycles. The predicted molar refractivity (Wildman–Crippen MR) is 88.8 cm³/mol. The van der Waals surface area contributed by atoms with E-state index in [1.54, 1.807) is 6.92 Å². The Labute approximate surface area is 148 Å². The van der Waals surface area contributed by atoms with Crippen molar-refractivity contribution in [2.75, 3.05) is 5.32 Å². The molecule has 3 rings (SSSR count). The lowest BCUT2D eigenvalue weighted by Gasteiger charge is -2.02. The monoisotopic (exact) mass is 383 g/mol. The van der Waals surface area contributed by atoms with Gasteiger partial charge in [0.2, 0.25) is 5.69 Å². The summed E-state index contributed by atoms with van der Waals surface area (Å²) < 4.78 is 30.6. The molecule has 0 bridgehead atoms. The summed E-state index contributed by atoms with van der Waals surface area (Å²) in [5.74, 6) is -0.821. The summed E-state index contributed by atoms with van der Waals surface area (Å²) in [6.07, 6.45) is 1.17. The fourth-order valence-electron chi connectivity index (χ4n) is 2.16. The number of aromatic nitrogens is 3. The van der Waals surface area contributed by atoms with Gasteiger partial charge in [-0.2, -0.15) is 13.9 Å². The highest BCUT2D eigenvalue weighted by Gasteiger charge is 2.26. The van der Waals surface area contributed by atoms with Gasteiger partial charge in [0.15, 0.2) is 5.13 Å². The van der Waals surface area contributed by atoms with Crippen molar-refractivity contribution in [3.8, 4) is 5.75 Å². The Morgan fingerprint density at radius 3 is 2.92 bits per heavy atom. The number of alkyl halides is 2. The Balaban J connectivity index is 1.85. The molecule has 2 heterocycles. The largest absolute Gasteiger partial charge is 0.435 e. The highest BCUT2D eigenvalue weighted by molar-refractivity contribution is 7.22. The summed E-state index contributed by atoms with van der Waals surface area (Å²) in [4.78, 5) is 26.8. The number of hydrogen-bond donors (Lipinski definition) is 1. The Morgan fingerprint density at radius 2 is 2.27 bits per heavy atom. The molecule has 3 aromatic rings. The summed E-state index contributed by atoms with van der Waals surface area (Å²) in [6.45, 7) is -0.860. The second kappa shape index (κ2) is 7.00. The highest BCUT2D eigenvalue weighted by atomic mass is 32.1. The fourth-order valence-corrected chi connectivity index (χ4v) is 3.05. The number of amides is 1. The molecule has 0 unspecified atom stereocenters. The summed E-state index contributed by atoms with van der Waals surface area (Å²) in [5.41, 5.74) is -0.295. The van der Waals surface area contributed by atoms with Crippen molar-refractivity contribution in [1.29, 1.82) is 0 Å². The number of ether oxygens (including phenoxy) is 1. The minimum absolute atomic E-state index is 0.0358. The molecule has 0 radical (unpaired) electrons. The van der Waals surface area contributed by atoms with Gasteiger partial charge < -0.3 is 4.74 Å². The third-order valence-corrected chi connectivity index (χ3v) is 4.22. The van der Waals surface area contributed by atoms with E-state index in [2.05, 4.69) is 20.1 Å². The second-order valence-electron chi connectivity index (χ2n) is 4.96. The second-order valence-corrected chi connectivity index (χ2v) is 5.99. The van der Waals surface area contributed by atoms with E-state index >= 15 is 0 Å². The summed E-state index contributed by atoms with van der Waals surface area (Å²) in [5, 5.41) is 17.5. The molecule has 0 saturated carbocycles. The Bertz CT molecular complexity index is 987. The predicted octanol–water partition coefficient (Wildman–Crippen LogP) is 3.27. The van der Waals surface area contributed by atoms with Crippen LogP contribution >= 0.6 is 11.3 Å². The van der Waals surface area contributed by atoms with Crippen molar-refractivity contribution in [2.45, 2.75) is 20.1 Å². The molecule has 12 heteroatoms. The zero-order valence-corrected chi connectivity index (χ0v) is 14.0. The van der Waals surface area contributed by atoms with E-state index in [1.165, 1.54) is 29.1 Å². The molecular weight excluding hydrogens is 372 g/mol. The van der Waals surface area contributed by atoms with Crippen LogP contribution < -0.4 is 10.1 Å². The van der Waals surface area contributed by atoms with Crippen LogP contribution in [0.1, 0.15) is 17.4 Å². The molecule has 0 aliphatic heterocycles. The van der Waals surface area contributed by atoms with Crippen LogP contribution in [0.3, 0.4) is 0 Å². The number of nitrogens with one attached hydrogen (secondary N) is 1. The standard InChI is InChI=1S/C14H11F2N5O4S/c1-2-20-6-9(21(23)24)11(19-20)12(22)18-14-17-8-4-3-7(25-13(15)16)5-10(8)26-14/h3-6,13H,2H2,1H3,(H,17,18,22). The van der Waals surface area contributed by atoms with Gasteiger partial charge >= 0.3 is 12.3 Å². The number of hydrogen-bond acceptors (Lipinski definition) is 7. The maximum absolute atomic E-state index is 12.3. The summed E-state index contributed by atoms with van der Waals surface area (Å²) in [6, 6.07) is 4.16. The first kappa shape index (κ1) is 17.7. The van der Waals surface area contributed by atoms with Crippen LogP contribution in [0.4, 0.5) is 19.6 Å². The van der Waals surface area contributed by atoms with Crippen LogP contribution in [0.25, 0.3) is 10.2 Å². The number of nitrogens with zero attached hydrogens (tertiary/aromatic N) is 4. The third-order valence-electron chi connectivity index (χ3n) is 3.28. The number of halogens is 2.